The Kier molecular flexibility index (Phi) is 5.43. The summed E-state index contributed by atoms with van der Waals surface area (Å²) in [6.07, 6.45) is -1.01. The van der Waals surface area contributed by atoms with Crippen LogP contribution in [0.5, 0.6) is 0 Å². The zero-order valence-electron chi connectivity index (χ0n) is 10.1. The highest BCUT2D eigenvalue weighted by molar-refractivity contribution is 7.89. The van der Waals surface area contributed by atoms with Gasteiger partial charge < -0.3 is 9.88 Å². The van der Waals surface area contributed by atoms with Gasteiger partial charge in [-0.25, -0.2) is 22.3 Å². The molecule has 0 aliphatic heterocycles. The van der Waals surface area contributed by atoms with Crippen molar-refractivity contribution >= 4 is 15.9 Å². The minimum atomic E-state index is -3.56. The van der Waals surface area contributed by atoms with Crippen LogP contribution < -0.4 is 10.5 Å². The highest BCUT2D eigenvalue weighted by Gasteiger charge is 2.13. The van der Waals surface area contributed by atoms with E-state index in [1.807, 2.05) is 0 Å². The van der Waals surface area contributed by atoms with Crippen LogP contribution in [0.4, 0.5) is 8.78 Å². The van der Waals surface area contributed by atoms with Crippen LogP contribution in [-0.4, -0.2) is 37.6 Å². The van der Waals surface area contributed by atoms with Crippen molar-refractivity contribution in [3.63, 3.8) is 0 Å². The highest BCUT2D eigenvalue weighted by atomic mass is 32.2. The summed E-state index contributed by atoms with van der Waals surface area (Å²) in [6.45, 7) is -0.456. The Bertz CT molecular complexity index is 528. The molecule has 108 valence electrons. The zero-order chi connectivity index (χ0) is 14.5. The molecule has 0 saturated heterocycles. The normalized spacial score (nSPS) is 11.8. The first-order valence-electron chi connectivity index (χ1n) is 5.51. The third kappa shape index (κ3) is 5.79. The van der Waals surface area contributed by atoms with Crippen LogP contribution in [-0.2, 0) is 16.6 Å². The summed E-state index contributed by atoms with van der Waals surface area (Å²) >= 11 is 0. The SMILES string of the molecule is NS(=O)(=O)CCCNC(=O)c1cccn1CC(F)F. The van der Waals surface area contributed by atoms with Crippen LogP contribution in [0.2, 0.25) is 0 Å². The molecule has 0 saturated carbocycles. The van der Waals surface area contributed by atoms with Crippen LogP contribution in [0.1, 0.15) is 16.9 Å². The van der Waals surface area contributed by atoms with Gasteiger partial charge in [-0.05, 0) is 18.6 Å². The van der Waals surface area contributed by atoms with Crippen molar-refractivity contribution < 1.29 is 22.0 Å². The van der Waals surface area contributed by atoms with Crippen LogP contribution in [0, 0.1) is 0 Å². The number of amides is 1. The molecule has 1 rings (SSSR count). The first kappa shape index (κ1) is 15.6. The van der Waals surface area contributed by atoms with E-state index < -0.39 is 28.9 Å². The molecule has 0 aromatic carbocycles. The van der Waals surface area contributed by atoms with Crippen LogP contribution in [0.15, 0.2) is 18.3 Å². The lowest BCUT2D eigenvalue weighted by molar-refractivity contribution is 0.0930. The van der Waals surface area contributed by atoms with Gasteiger partial charge in [0.05, 0.1) is 12.3 Å². The molecule has 0 radical (unpaired) electrons. The molecule has 1 aromatic rings. The molecule has 19 heavy (non-hydrogen) atoms. The van der Waals surface area contributed by atoms with Crippen molar-refractivity contribution in [1.82, 2.24) is 9.88 Å². The van der Waals surface area contributed by atoms with E-state index in [4.69, 9.17) is 5.14 Å². The second-order valence-corrected chi connectivity index (χ2v) is 5.65. The summed E-state index contributed by atoms with van der Waals surface area (Å²) in [5, 5.41) is 7.24. The van der Waals surface area contributed by atoms with Gasteiger partial charge in [0, 0.05) is 12.7 Å². The zero-order valence-corrected chi connectivity index (χ0v) is 10.9. The number of nitrogens with one attached hydrogen (secondary N) is 1. The third-order valence-corrected chi connectivity index (χ3v) is 3.15. The van der Waals surface area contributed by atoms with Crippen molar-refractivity contribution in [2.45, 2.75) is 19.4 Å². The maximum Gasteiger partial charge on any atom is 0.267 e. The van der Waals surface area contributed by atoms with Crippen molar-refractivity contribution in [1.29, 1.82) is 0 Å². The maximum absolute atomic E-state index is 12.2. The fourth-order valence-electron chi connectivity index (χ4n) is 1.49. The Morgan fingerprint density at radius 1 is 1.47 bits per heavy atom. The number of primary sulfonamides is 1. The predicted octanol–water partition coefficient (Wildman–Crippen LogP) is 0.162. The molecule has 9 heteroatoms. The number of halogens is 2. The molecule has 0 atom stereocenters. The molecule has 0 fully saturated rings. The number of carbonyl (C=O) groups is 1. The van der Waals surface area contributed by atoms with E-state index >= 15 is 0 Å². The summed E-state index contributed by atoms with van der Waals surface area (Å²) < 4.78 is 46.9. The smallest absolute Gasteiger partial charge is 0.267 e. The summed E-state index contributed by atoms with van der Waals surface area (Å²) in [7, 11) is -3.56. The maximum atomic E-state index is 12.2. The van der Waals surface area contributed by atoms with Gasteiger partial charge in [0.2, 0.25) is 10.0 Å². The number of hydrogen-bond acceptors (Lipinski definition) is 3. The van der Waals surface area contributed by atoms with E-state index in [0.29, 0.717) is 0 Å². The van der Waals surface area contributed by atoms with E-state index in [2.05, 4.69) is 5.32 Å². The van der Waals surface area contributed by atoms with E-state index in [0.717, 1.165) is 4.57 Å². The second-order valence-electron chi connectivity index (χ2n) is 3.91. The molecule has 0 aliphatic carbocycles. The van der Waals surface area contributed by atoms with Gasteiger partial charge >= 0.3 is 0 Å². The Hall–Kier alpha value is -1.48. The molecule has 0 aliphatic rings. The molecule has 1 amide bonds. The Labute approximate surface area is 109 Å². The fourth-order valence-corrected chi connectivity index (χ4v) is 2.04. The number of rotatable bonds is 7. The summed E-state index contributed by atoms with van der Waals surface area (Å²) in [5.74, 6) is -0.772. The minimum Gasteiger partial charge on any atom is -0.351 e. The molecule has 1 heterocycles. The van der Waals surface area contributed by atoms with Crippen molar-refractivity contribution in [3.05, 3.63) is 24.0 Å². The highest BCUT2D eigenvalue weighted by Crippen LogP contribution is 2.06. The third-order valence-electron chi connectivity index (χ3n) is 2.29. The topological polar surface area (TPSA) is 94.2 Å². The van der Waals surface area contributed by atoms with Gasteiger partial charge in [0.1, 0.15) is 5.69 Å². The summed E-state index contributed by atoms with van der Waals surface area (Å²) in [6, 6.07) is 2.90. The largest absolute Gasteiger partial charge is 0.351 e. The minimum absolute atomic E-state index is 0.106. The molecule has 0 unspecified atom stereocenters. The summed E-state index contributed by atoms with van der Waals surface area (Å²) in [4.78, 5) is 11.7. The second kappa shape index (κ2) is 6.62. The average Bonchev–Trinajstić information content (AvgIpc) is 2.70. The number of nitrogens with zero attached hydrogens (tertiary/aromatic N) is 1. The standard InChI is InChI=1S/C10H15F2N3O3S/c11-9(12)7-15-5-1-3-8(15)10(16)14-4-2-6-19(13,17)18/h1,3,5,9H,2,4,6-7H2,(H,14,16)(H2,13,17,18). The lowest BCUT2D eigenvalue weighted by Gasteiger charge is -2.09. The monoisotopic (exact) mass is 295 g/mol. The molecule has 0 spiro atoms. The van der Waals surface area contributed by atoms with Gasteiger partial charge in [-0.3, -0.25) is 4.79 Å². The van der Waals surface area contributed by atoms with E-state index in [-0.39, 0.29) is 24.4 Å². The number of aromatic nitrogens is 1. The molecule has 6 nitrogen and oxygen atoms in total. The van der Waals surface area contributed by atoms with Crippen LogP contribution >= 0.6 is 0 Å². The van der Waals surface area contributed by atoms with Gasteiger partial charge in [-0.1, -0.05) is 0 Å². The van der Waals surface area contributed by atoms with Crippen molar-refractivity contribution in [3.8, 4) is 0 Å². The van der Waals surface area contributed by atoms with Gasteiger partial charge in [-0.2, -0.15) is 0 Å². The van der Waals surface area contributed by atoms with E-state index in [1.165, 1.54) is 18.3 Å². The molecule has 1 aromatic heterocycles. The molecule has 3 N–H and O–H groups in total. The average molecular weight is 295 g/mol. The molecular weight excluding hydrogens is 280 g/mol. The van der Waals surface area contributed by atoms with Crippen LogP contribution in [0.3, 0.4) is 0 Å². The molecular formula is C10H15F2N3O3S. The number of hydrogen-bond donors (Lipinski definition) is 2. The quantitative estimate of drug-likeness (QED) is 0.702. The van der Waals surface area contributed by atoms with Crippen LogP contribution in [0.25, 0.3) is 0 Å². The van der Waals surface area contributed by atoms with E-state index in [1.54, 1.807) is 0 Å². The molecule has 0 bridgehead atoms. The van der Waals surface area contributed by atoms with Gasteiger partial charge in [0.25, 0.3) is 12.3 Å². The fraction of sp³-hybridized carbons (Fsp3) is 0.500. The predicted molar refractivity (Wildman–Crippen MR) is 65.4 cm³/mol. The number of carbonyl (C=O) groups excluding carboxylic acids is 1. The lowest BCUT2D eigenvalue weighted by Crippen LogP contribution is -2.29. The lowest BCUT2D eigenvalue weighted by atomic mass is 10.3. The number of alkyl halides is 2. The van der Waals surface area contributed by atoms with Gasteiger partial charge in [-0.15, -0.1) is 0 Å². The first-order chi connectivity index (χ1) is 8.79. The van der Waals surface area contributed by atoms with Crippen molar-refractivity contribution in [2.75, 3.05) is 12.3 Å². The van der Waals surface area contributed by atoms with Gasteiger partial charge in [0.15, 0.2) is 0 Å². The Morgan fingerprint density at radius 3 is 2.74 bits per heavy atom. The Balaban J connectivity index is 2.48. The first-order valence-corrected chi connectivity index (χ1v) is 7.23. The van der Waals surface area contributed by atoms with Crippen molar-refractivity contribution in [2.24, 2.45) is 5.14 Å². The number of nitrogens with two attached hydrogens (primary N) is 1. The number of sulfonamides is 1. The summed E-state index contributed by atoms with van der Waals surface area (Å²) in [5.41, 5.74) is 0.107. The Morgan fingerprint density at radius 2 is 2.16 bits per heavy atom. The van der Waals surface area contributed by atoms with E-state index in [9.17, 15) is 22.0 Å².